The van der Waals surface area contributed by atoms with E-state index in [2.05, 4.69) is 79.4 Å². The van der Waals surface area contributed by atoms with Crippen molar-refractivity contribution in [3.05, 3.63) is 112 Å². The fourth-order valence-electron chi connectivity index (χ4n) is 5.06. The third-order valence-electron chi connectivity index (χ3n) is 7.39. The van der Waals surface area contributed by atoms with Gasteiger partial charge in [-0.2, -0.15) is 11.8 Å². The maximum atomic E-state index is 11.7. The maximum Gasteiger partial charge on any atom is 0.303 e. The van der Waals surface area contributed by atoms with E-state index in [0.29, 0.717) is 10.3 Å². The number of hydrogen-bond donors (Lipinski definition) is 0. The van der Waals surface area contributed by atoms with Crippen molar-refractivity contribution in [1.82, 2.24) is 4.98 Å². The second kappa shape index (κ2) is 13.5. The molecule has 1 aromatic heterocycles. The lowest BCUT2D eigenvalue weighted by Crippen LogP contribution is -2.10. The Balaban J connectivity index is 1.34. The van der Waals surface area contributed by atoms with E-state index in [1.54, 1.807) is 0 Å². The van der Waals surface area contributed by atoms with Gasteiger partial charge in [0.2, 0.25) is 0 Å². The molecule has 0 amide bonds. The molecule has 206 valence electrons. The van der Waals surface area contributed by atoms with Crippen molar-refractivity contribution >= 4 is 52.4 Å². The van der Waals surface area contributed by atoms with Gasteiger partial charge in [0.05, 0.1) is 11.2 Å². The summed E-state index contributed by atoms with van der Waals surface area (Å²) in [5.41, 5.74) is 6.74. The number of pyridine rings is 1. The molecular weight excluding hydrogens is 534 g/mol. The van der Waals surface area contributed by atoms with Gasteiger partial charge in [-0.15, -0.1) is 0 Å². The molecule has 0 saturated heterocycles. The molecule has 5 rings (SSSR count). The Bertz CT molecular complexity index is 1500. The van der Waals surface area contributed by atoms with E-state index < -0.39 is 0 Å². The van der Waals surface area contributed by atoms with Crippen LogP contribution < -0.4 is 0 Å². The highest BCUT2D eigenvalue weighted by Crippen LogP contribution is 2.41. The van der Waals surface area contributed by atoms with Crippen LogP contribution in [-0.4, -0.2) is 16.7 Å². The number of esters is 1. The molecule has 2 unspecified atom stereocenters. The van der Waals surface area contributed by atoms with Gasteiger partial charge in [0.15, 0.2) is 0 Å². The van der Waals surface area contributed by atoms with Crippen LogP contribution in [0.1, 0.15) is 78.8 Å². The van der Waals surface area contributed by atoms with Crippen molar-refractivity contribution in [2.45, 2.75) is 57.3 Å². The molecule has 4 aromatic rings. The first-order chi connectivity index (χ1) is 19.5. The van der Waals surface area contributed by atoms with Gasteiger partial charge >= 0.3 is 5.97 Å². The molecule has 1 aliphatic carbocycles. The Morgan fingerprint density at radius 1 is 1.05 bits per heavy atom. The van der Waals surface area contributed by atoms with Crippen LogP contribution in [0.25, 0.3) is 23.1 Å². The molecular formula is C35H36ClNO2S. The fourth-order valence-corrected chi connectivity index (χ4v) is 6.68. The van der Waals surface area contributed by atoms with E-state index in [1.165, 1.54) is 42.2 Å². The summed E-state index contributed by atoms with van der Waals surface area (Å²) in [6.45, 7) is 3.56. The number of aromatic nitrogens is 1. The fraction of sp³-hybridized carbons (Fsp3) is 0.314. The molecule has 40 heavy (non-hydrogen) atoms. The summed E-state index contributed by atoms with van der Waals surface area (Å²) in [4.78, 5) is 16.5. The van der Waals surface area contributed by atoms with Gasteiger partial charge in [-0.05, 0) is 90.3 Å². The SMILES string of the molecule is CCC(OC(C)=O)c1ccccc1CCC(SCC1CC1)c1cccc(/C=C/c2ccc3ccc(Cl)cc3n2)c1. The van der Waals surface area contributed by atoms with Gasteiger partial charge in [0.25, 0.3) is 0 Å². The lowest BCUT2D eigenvalue weighted by molar-refractivity contribution is -0.146. The molecule has 3 aromatic carbocycles. The number of carbonyl (C=O) groups is 1. The summed E-state index contributed by atoms with van der Waals surface area (Å²) in [5.74, 6) is 1.84. The van der Waals surface area contributed by atoms with Crippen molar-refractivity contribution in [1.29, 1.82) is 0 Å². The normalized spacial score (nSPS) is 14.9. The Labute approximate surface area is 247 Å². The van der Waals surface area contributed by atoms with E-state index in [-0.39, 0.29) is 12.1 Å². The zero-order valence-corrected chi connectivity index (χ0v) is 24.8. The average Bonchev–Trinajstić information content (AvgIpc) is 3.79. The number of fused-ring (bicyclic) bond motifs is 1. The van der Waals surface area contributed by atoms with E-state index in [1.807, 2.05) is 30.3 Å². The van der Waals surface area contributed by atoms with Gasteiger partial charge in [0, 0.05) is 22.6 Å². The minimum atomic E-state index is -0.230. The van der Waals surface area contributed by atoms with Gasteiger partial charge < -0.3 is 4.74 Å². The molecule has 3 nitrogen and oxygen atoms in total. The Kier molecular flexibility index (Phi) is 9.62. The lowest BCUT2D eigenvalue weighted by atomic mass is 9.95. The maximum absolute atomic E-state index is 11.7. The van der Waals surface area contributed by atoms with Crippen LogP contribution >= 0.6 is 23.4 Å². The number of benzene rings is 3. The minimum absolute atomic E-state index is 0.195. The van der Waals surface area contributed by atoms with Crippen LogP contribution in [0, 0.1) is 5.92 Å². The third kappa shape index (κ3) is 7.77. The lowest BCUT2D eigenvalue weighted by Gasteiger charge is -2.21. The highest BCUT2D eigenvalue weighted by molar-refractivity contribution is 7.99. The van der Waals surface area contributed by atoms with Crippen molar-refractivity contribution in [3.8, 4) is 0 Å². The van der Waals surface area contributed by atoms with E-state index >= 15 is 0 Å². The van der Waals surface area contributed by atoms with Crippen molar-refractivity contribution in [2.75, 3.05) is 5.75 Å². The monoisotopic (exact) mass is 569 g/mol. The van der Waals surface area contributed by atoms with Gasteiger partial charge in [-0.3, -0.25) is 4.79 Å². The van der Waals surface area contributed by atoms with Crippen LogP contribution in [0.15, 0.2) is 78.9 Å². The highest BCUT2D eigenvalue weighted by atomic mass is 35.5. The first kappa shape index (κ1) is 28.4. The molecule has 0 bridgehead atoms. The van der Waals surface area contributed by atoms with E-state index in [0.717, 1.165) is 47.3 Å². The quantitative estimate of drug-likeness (QED) is 0.159. The molecule has 0 N–H and O–H groups in total. The van der Waals surface area contributed by atoms with Crippen LogP contribution in [0.3, 0.4) is 0 Å². The summed E-state index contributed by atoms with van der Waals surface area (Å²) in [7, 11) is 0. The molecule has 2 atom stereocenters. The number of halogens is 1. The number of hydrogen-bond acceptors (Lipinski definition) is 4. The van der Waals surface area contributed by atoms with Crippen LogP contribution in [0.2, 0.25) is 5.02 Å². The summed E-state index contributed by atoms with van der Waals surface area (Å²) < 4.78 is 5.65. The number of thioether (sulfide) groups is 1. The molecule has 5 heteroatoms. The van der Waals surface area contributed by atoms with Gasteiger partial charge in [0.1, 0.15) is 6.10 Å². The summed E-state index contributed by atoms with van der Waals surface area (Å²) in [6, 6.07) is 27.2. The van der Waals surface area contributed by atoms with Gasteiger partial charge in [-0.25, -0.2) is 4.98 Å². The topological polar surface area (TPSA) is 39.2 Å². The minimum Gasteiger partial charge on any atom is -0.458 e. The van der Waals surface area contributed by atoms with Crippen LogP contribution in [0.4, 0.5) is 0 Å². The largest absolute Gasteiger partial charge is 0.458 e. The predicted molar refractivity (Wildman–Crippen MR) is 170 cm³/mol. The molecule has 0 spiro atoms. The third-order valence-corrected chi connectivity index (χ3v) is 9.20. The number of carbonyl (C=O) groups excluding carboxylic acids is 1. The highest BCUT2D eigenvalue weighted by Gasteiger charge is 2.24. The van der Waals surface area contributed by atoms with E-state index in [9.17, 15) is 4.79 Å². The number of nitrogens with zero attached hydrogens (tertiary/aromatic N) is 1. The molecule has 0 radical (unpaired) electrons. The second-order valence-electron chi connectivity index (χ2n) is 10.6. The molecule has 1 aliphatic rings. The number of rotatable bonds is 12. The van der Waals surface area contributed by atoms with Crippen LogP contribution in [-0.2, 0) is 16.0 Å². The second-order valence-corrected chi connectivity index (χ2v) is 12.3. The zero-order valence-electron chi connectivity index (χ0n) is 23.2. The molecule has 1 saturated carbocycles. The summed E-state index contributed by atoms with van der Waals surface area (Å²) in [6.07, 6.45) is 9.48. The van der Waals surface area contributed by atoms with Crippen molar-refractivity contribution in [3.63, 3.8) is 0 Å². The summed E-state index contributed by atoms with van der Waals surface area (Å²) in [5, 5.41) is 2.18. The summed E-state index contributed by atoms with van der Waals surface area (Å²) >= 11 is 8.26. The van der Waals surface area contributed by atoms with Gasteiger partial charge in [-0.1, -0.05) is 85.3 Å². The Morgan fingerprint density at radius 3 is 2.67 bits per heavy atom. The van der Waals surface area contributed by atoms with Crippen molar-refractivity contribution < 1.29 is 9.53 Å². The molecule has 1 heterocycles. The first-order valence-electron chi connectivity index (χ1n) is 14.2. The standard InChI is InChI=1S/C35H36ClNO2S/c1-3-34(39-24(2)38)32-10-5-4-8-27(32)16-20-35(40-23-26-11-12-26)29-9-6-7-25(21-29)13-18-31-19-15-28-14-17-30(36)22-33(28)37-31/h4-10,13-15,17-19,21-22,26,34-35H,3,11-12,16,20,23H2,1-2H3/b18-13+. The Hall–Kier alpha value is -3.08. The van der Waals surface area contributed by atoms with E-state index in [4.69, 9.17) is 21.3 Å². The predicted octanol–water partition coefficient (Wildman–Crippen LogP) is 9.89. The van der Waals surface area contributed by atoms with Crippen LogP contribution in [0.5, 0.6) is 0 Å². The average molecular weight is 570 g/mol. The number of aryl methyl sites for hydroxylation is 1. The molecule has 0 aliphatic heterocycles. The molecule has 1 fully saturated rings. The van der Waals surface area contributed by atoms with Crippen molar-refractivity contribution in [2.24, 2.45) is 5.92 Å². The first-order valence-corrected chi connectivity index (χ1v) is 15.6. The zero-order chi connectivity index (χ0) is 27.9. The Morgan fingerprint density at radius 2 is 1.88 bits per heavy atom. The smallest absolute Gasteiger partial charge is 0.303 e. The number of ether oxygens (including phenoxy) is 1.